The standard InChI is InChI=1S/C13H8BrIN2O3/c14-9-4-8(13(18)12(15)5-9)7-16-10-2-1-3-11(6-10)17(19)20/h1-7,18H. The lowest BCUT2D eigenvalue weighted by atomic mass is 10.2. The van der Waals surface area contributed by atoms with Crippen LogP contribution >= 0.6 is 38.5 Å². The molecule has 0 aliphatic heterocycles. The molecule has 102 valence electrons. The number of phenolic OH excluding ortho intramolecular Hbond substituents is 1. The summed E-state index contributed by atoms with van der Waals surface area (Å²) in [5.41, 5.74) is 0.969. The smallest absolute Gasteiger partial charge is 0.271 e. The fraction of sp³-hybridized carbons (Fsp3) is 0. The minimum absolute atomic E-state index is 0.0207. The molecule has 20 heavy (non-hydrogen) atoms. The van der Waals surface area contributed by atoms with E-state index in [1.54, 1.807) is 24.3 Å². The molecular weight excluding hydrogens is 439 g/mol. The van der Waals surface area contributed by atoms with Crippen molar-refractivity contribution in [3.63, 3.8) is 0 Å². The average molecular weight is 447 g/mol. The first-order chi connectivity index (χ1) is 9.47. The molecule has 0 spiro atoms. The highest BCUT2D eigenvalue weighted by atomic mass is 127. The molecule has 0 aromatic heterocycles. The highest BCUT2D eigenvalue weighted by Crippen LogP contribution is 2.28. The average Bonchev–Trinajstić information content (AvgIpc) is 2.41. The maximum Gasteiger partial charge on any atom is 0.271 e. The molecule has 0 bridgehead atoms. The van der Waals surface area contributed by atoms with Gasteiger partial charge in [-0.3, -0.25) is 15.1 Å². The summed E-state index contributed by atoms with van der Waals surface area (Å²) >= 11 is 5.35. The molecule has 0 heterocycles. The molecular formula is C13H8BrIN2O3. The van der Waals surface area contributed by atoms with Crippen molar-refractivity contribution in [3.8, 4) is 5.75 Å². The zero-order valence-corrected chi connectivity index (χ0v) is 13.7. The van der Waals surface area contributed by atoms with Crippen molar-refractivity contribution in [3.05, 3.63) is 60.1 Å². The second-order valence-electron chi connectivity index (χ2n) is 3.86. The highest BCUT2D eigenvalue weighted by molar-refractivity contribution is 14.1. The summed E-state index contributed by atoms with van der Waals surface area (Å²) in [4.78, 5) is 14.4. The van der Waals surface area contributed by atoms with Gasteiger partial charge in [-0.2, -0.15) is 0 Å². The first-order valence-corrected chi connectivity index (χ1v) is 7.31. The van der Waals surface area contributed by atoms with E-state index >= 15 is 0 Å². The number of halogens is 2. The van der Waals surface area contributed by atoms with Crippen molar-refractivity contribution in [1.82, 2.24) is 0 Å². The van der Waals surface area contributed by atoms with E-state index in [0.717, 1.165) is 4.47 Å². The second-order valence-corrected chi connectivity index (χ2v) is 5.94. The van der Waals surface area contributed by atoms with Crippen molar-refractivity contribution in [1.29, 1.82) is 0 Å². The van der Waals surface area contributed by atoms with Crippen molar-refractivity contribution >= 4 is 56.1 Å². The molecule has 2 aromatic carbocycles. The van der Waals surface area contributed by atoms with Crippen molar-refractivity contribution in [2.24, 2.45) is 4.99 Å². The molecule has 0 fully saturated rings. The summed E-state index contributed by atoms with van der Waals surface area (Å²) in [5, 5.41) is 20.6. The van der Waals surface area contributed by atoms with Crippen LogP contribution in [0.3, 0.4) is 0 Å². The number of nitro groups is 1. The Morgan fingerprint density at radius 3 is 2.80 bits per heavy atom. The Hall–Kier alpha value is -1.48. The van der Waals surface area contributed by atoms with E-state index in [1.807, 2.05) is 22.6 Å². The van der Waals surface area contributed by atoms with Gasteiger partial charge in [0.1, 0.15) is 5.75 Å². The van der Waals surface area contributed by atoms with Crippen LogP contribution in [0, 0.1) is 13.7 Å². The lowest BCUT2D eigenvalue weighted by molar-refractivity contribution is -0.384. The minimum atomic E-state index is -0.474. The zero-order valence-electron chi connectivity index (χ0n) is 9.96. The molecule has 0 aliphatic rings. The number of aromatic hydroxyl groups is 1. The number of nitro benzene ring substituents is 1. The van der Waals surface area contributed by atoms with E-state index in [-0.39, 0.29) is 11.4 Å². The topological polar surface area (TPSA) is 75.7 Å². The van der Waals surface area contributed by atoms with Crippen LogP contribution in [0.15, 0.2) is 45.9 Å². The minimum Gasteiger partial charge on any atom is -0.506 e. The number of hydrogen-bond donors (Lipinski definition) is 1. The van der Waals surface area contributed by atoms with Crippen LogP contribution in [0.25, 0.3) is 0 Å². The van der Waals surface area contributed by atoms with Crippen molar-refractivity contribution < 1.29 is 10.0 Å². The molecule has 0 atom stereocenters. The Labute approximate surface area is 136 Å². The first kappa shape index (κ1) is 14.9. The fourth-order valence-electron chi connectivity index (χ4n) is 1.52. The second kappa shape index (κ2) is 6.31. The normalized spacial score (nSPS) is 10.9. The van der Waals surface area contributed by atoms with Gasteiger partial charge in [0.25, 0.3) is 5.69 Å². The fourth-order valence-corrected chi connectivity index (χ4v) is 3.07. The van der Waals surface area contributed by atoms with Crippen LogP contribution in [0.2, 0.25) is 0 Å². The number of phenols is 1. The van der Waals surface area contributed by atoms with Crippen LogP contribution in [0.5, 0.6) is 5.75 Å². The predicted octanol–water partition coefficient (Wildman–Crippen LogP) is 4.42. The number of rotatable bonds is 3. The summed E-state index contributed by atoms with van der Waals surface area (Å²) in [6.07, 6.45) is 1.47. The molecule has 2 aromatic rings. The third kappa shape index (κ3) is 3.54. The Kier molecular flexibility index (Phi) is 4.71. The van der Waals surface area contributed by atoms with E-state index in [2.05, 4.69) is 20.9 Å². The number of aliphatic imine (C=N–C) groups is 1. The van der Waals surface area contributed by atoms with Crippen LogP contribution in [-0.4, -0.2) is 16.2 Å². The Bertz CT molecular complexity index is 704. The van der Waals surface area contributed by atoms with Gasteiger partial charge in [0, 0.05) is 28.4 Å². The molecule has 0 saturated heterocycles. The quantitative estimate of drug-likeness (QED) is 0.328. The molecule has 7 heteroatoms. The summed E-state index contributed by atoms with van der Waals surface area (Å²) in [5.74, 6) is 0.128. The third-order valence-corrected chi connectivity index (χ3v) is 3.73. The molecule has 5 nitrogen and oxygen atoms in total. The Morgan fingerprint density at radius 1 is 1.35 bits per heavy atom. The molecule has 1 N–H and O–H groups in total. The van der Waals surface area contributed by atoms with Gasteiger partial charge in [-0.1, -0.05) is 22.0 Å². The van der Waals surface area contributed by atoms with Gasteiger partial charge in [0.15, 0.2) is 0 Å². The SMILES string of the molecule is O=[N+]([O-])c1cccc(N=Cc2cc(Br)cc(I)c2O)c1. The van der Waals surface area contributed by atoms with E-state index in [1.165, 1.54) is 18.3 Å². The number of non-ortho nitro benzene ring substituents is 1. The monoisotopic (exact) mass is 446 g/mol. The van der Waals surface area contributed by atoms with Gasteiger partial charge in [-0.15, -0.1) is 0 Å². The summed E-state index contributed by atoms with van der Waals surface area (Å²) < 4.78 is 1.51. The molecule has 0 radical (unpaired) electrons. The van der Waals surface area contributed by atoms with Crippen molar-refractivity contribution in [2.75, 3.05) is 0 Å². The van der Waals surface area contributed by atoms with Gasteiger partial charge in [0.05, 0.1) is 14.2 Å². The molecule has 0 unspecified atom stereocenters. The van der Waals surface area contributed by atoms with E-state index in [4.69, 9.17) is 0 Å². The molecule has 2 rings (SSSR count). The first-order valence-electron chi connectivity index (χ1n) is 5.44. The summed E-state index contributed by atoms with van der Waals surface area (Å²) in [6.45, 7) is 0. The van der Waals surface area contributed by atoms with Crippen molar-refractivity contribution in [2.45, 2.75) is 0 Å². The van der Waals surface area contributed by atoms with Gasteiger partial charge in [0.2, 0.25) is 0 Å². The maximum atomic E-state index is 10.7. The number of nitrogens with zero attached hydrogens (tertiary/aromatic N) is 2. The maximum absolute atomic E-state index is 10.7. The van der Waals surface area contributed by atoms with Crippen LogP contribution in [0.4, 0.5) is 11.4 Å². The zero-order chi connectivity index (χ0) is 14.7. The van der Waals surface area contributed by atoms with E-state index < -0.39 is 4.92 Å². The Morgan fingerprint density at radius 2 is 2.10 bits per heavy atom. The molecule has 0 saturated carbocycles. The Balaban J connectivity index is 2.34. The van der Waals surface area contributed by atoms with Gasteiger partial charge >= 0.3 is 0 Å². The van der Waals surface area contributed by atoms with Gasteiger partial charge in [-0.25, -0.2) is 0 Å². The largest absolute Gasteiger partial charge is 0.506 e. The predicted molar refractivity (Wildman–Crippen MR) is 88.9 cm³/mol. The lowest BCUT2D eigenvalue weighted by Gasteiger charge is -2.02. The van der Waals surface area contributed by atoms with Gasteiger partial charge in [-0.05, 0) is 40.8 Å². The van der Waals surface area contributed by atoms with Gasteiger partial charge < -0.3 is 5.11 Å². The summed E-state index contributed by atoms with van der Waals surface area (Å²) in [7, 11) is 0. The van der Waals surface area contributed by atoms with Crippen LogP contribution in [-0.2, 0) is 0 Å². The lowest BCUT2D eigenvalue weighted by Crippen LogP contribution is -1.87. The van der Waals surface area contributed by atoms with Crippen LogP contribution in [0.1, 0.15) is 5.56 Å². The number of benzene rings is 2. The number of hydrogen-bond acceptors (Lipinski definition) is 4. The molecule has 0 amide bonds. The summed E-state index contributed by atoms with van der Waals surface area (Å²) in [6, 6.07) is 9.49. The van der Waals surface area contributed by atoms with Crippen LogP contribution < -0.4 is 0 Å². The highest BCUT2D eigenvalue weighted by Gasteiger charge is 2.07. The molecule has 0 aliphatic carbocycles. The third-order valence-electron chi connectivity index (χ3n) is 2.45. The van der Waals surface area contributed by atoms with E-state index in [0.29, 0.717) is 14.8 Å². The van der Waals surface area contributed by atoms with E-state index in [9.17, 15) is 15.2 Å².